The van der Waals surface area contributed by atoms with Gasteiger partial charge in [-0.3, -0.25) is 18.6 Å². The number of quaternary nitrogens is 1. The van der Waals surface area contributed by atoms with Crippen LogP contribution in [-0.2, 0) is 32.7 Å². The number of allylic oxidation sites excluding steroid dienone is 2. The van der Waals surface area contributed by atoms with Crippen molar-refractivity contribution in [2.45, 2.75) is 187 Å². The van der Waals surface area contributed by atoms with Crippen LogP contribution in [0.4, 0.5) is 0 Å². The van der Waals surface area contributed by atoms with E-state index >= 15 is 0 Å². The number of esters is 2. The van der Waals surface area contributed by atoms with E-state index in [1.54, 1.807) is 0 Å². The summed E-state index contributed by atoms with van der Waals surface area (Å²) < 4.78 is 34.2. The Labute approximate surface area is 307 Å². The monoisotopic (exact) mass is 733 g/mol. The van der Waals surface area contributed by atoms with Crippen LogP contribution < -0.4 is 0 Å². The summed E-state index contributed by atoms with van der Waals surface area (Å²) in [7, 11) is 1.48. The molecule has 0 spiro atoms. The highest BCUT2D eigenvalue weighted by Gasteiger charge is 2.27. The number of hydrogen-bond acceptors (Lipinski definition) is 7. The van der Waals surface area contributed by atoms with Crippen molar-refractivity contribution in [1.82, 2.24) is 0 Å². The Morgan fingerprint density at radius 2 is 1.02 bits per heavy atom. The molecule has 0 fully saturated rings. The zero-order chi connectivity index (χ0) is 37.2. The van der Waals surface area contributed by atoms with E-state index in [4.69, 9.17) is 18.5 Å². The van der Waals surface area contributed by atoms with Gasteiger partial charge in [-0.05, 0) is 38.5 Å². The Morgan fingerprint density at radius 1 is 0.600 bits per heavy atom. The van der Waals surface area contributed by atoms with Crippen LogP contribution in [0, 0.1) is 0 Å². The molecule has 0 aliphatic rings. The first-order valence-electron chi connectivity index (χ1n) is 20.4. The predicted octanol–water partition coefficient (Wildman–Crippen LogP) is 11.0. The maximum absolute atomic E-state index is 12.6. The third-order valence-corrected chi connectivity index (χ3v) is 9.78. The molecule has 0 saturated heterocycles. The van der Waals surface area contributed by atoms with Gasteiger partial charge in [0.2, 0.25) is 0 Å². The number of rotatable bonds is 37. The molecule has 1 N–H and O–H groups in total. The van der Waals surface area contributed by atoms with Crippen LogP contribution in [-0.4, -0.2) is 74.9 Å². The van der Waals surface area contributed by atoms with E-state index in [2.05, 4.69) is 26.0 Å². The largest absolute Gasteiger partial charge is 0.472 e. The van der Waals surface area contributed by atoms with Gasteiger partial charge in [0.1, 0.15) is 19.8 Å². The summed E-state index contributed by atoms with van der Waals surface area (Å²) in [6.07, 6.45) is 32.5. The number of nitrogens with zero attached hydrogens (tertiary/aromatic N) is 1. The molecule has 0 radical (unpaired) electrons. The molecule has 0 bridgehead atoms. The first kappa shape index (κ1) is 48.8. The van der Waals surface area contributed by atoms with Gasteiger partial charge in [-0.25, -0.2) is 4.57 Å². The Bertz CT molecular complexity index is 876. The van der Waals surface area contributed by atoms with Crippen molar-refractivity contribution in [2.24, 2.45) is 0 Å². The third kappa shape index (κ3) is 36.5. The summed E-state index contributed by atoms with van der Waals surface area (Å²) in [5.41, 5.74) is 0. The van der Waals surface area contributed by atoms with Crippen LogP contribution in [0.1, 0.15) is 181 Å². The minimum atomic E-state index is -4.36. The lowest BCUT2D eigenvalue weighted by Gasteiger charge is -2.24. The van der Waals surface area contributed by atoms with E-state index in [0.717, 1.165) is 51.4 Å². The highest BCUT2D eigenvalue weighted by Crippen LogP contribution is 2.43. The van der Waals surface area contributed by atoms with Crippen molar-refractivity contribution < 1.29 is 42.1 Å². The zero-order valence-corrected chi connectivity index (χ0v) is 34.0. The highest BCUT2D eigenvalue weighted by molar-refractivity contribution is 7.47. The van der Waals surface area contributed by atoms with Gasteiger partial charge in [0.05, 0.1) is 27.7 Å². The predicted molar refractivity (Wildman–Crippen MR) is 206 cm³/mol. The van der Waals surface area contributed by atoms with Crippen molar-refractivity contribution in [3.63, 3.8) is 0 Å². The molecular weight excluding hydrogens is 653 g/mol. The van der Waals surface area contributed by atoms with Crippen LogP contribution in [0.2, 0.25) is 0 Å². The molecule has 0 aromatic rings. The summed E-state index contributed by atoms with van der Waals surface area (Å²) in [6, 6.07) is 0. The minimum Gasteiger partial charge on any atom is -0.462 e. The van der Waals surface area contributed by atoms with Crippen molar-refractivity contribution in [3.05, 3.63) is 12.2 Å². The number of carbonyl (C=O) groups is 2. The molecular formula is C40H79NO8P+. The fourth-order valence-electron chi connectivity index (χ4n) is 5.54. The summed E-state index contributed by atoms with van der Waals surface area (Å²) in [5, 5.41) is 0. The molecule has 10 heteroatoms. The summed E-state index contributed by atoms with van der Waals surface area (Å²) in [4.78, 5) is 35.2. The van der Waals surface area contributed by atoms with E-state index < -0.39 is 26.5 Å². The Kier molecular flexibility index (Phi) is 32.7. The maximum Gasteiger partial charge on any atom is 0.472 e. The maximum atomic E-state index is 12.6. The summed E-state index contributed by atoms with van der Waals surface area (Å²) >= 11 is 0. The second kappa shape index (κ2) is 33.6. The van der Waals surface area contributed by atoms with Crippen molar-refractivity contribution in [1.29, 1.82) is 0 Å². The van der Waals surface area contributed by atoms with Gasteiger partial charge in [-0.15, -0.1) is 0 Å². The van der Waals surface area contributed by atoms with Crippen LogP contribution in [0.15, 0.2) is 12.2 Å². The van der Waals surface area contributed by atoms with Crippen molar-refractivity contribution in [2.75, 3.05) is 47.5 Å². The molecule has 50 heavy (non-hydrogen) atoms. The molecule has 0 aromatic heterocycles. The first-order valence-corrected chi connectivity index (χ1v) is 21.9. The van der Waals surface area contributed by atoms with Gasteiger partial charge >= 0.3 is 19.8 Å². The SMILES string of the molecule is CCCCCC/C=C\CCCCCCCC(=O)O[C@@H](COC(=O)CCCCCCCCCCCCCCC)COP(=O)(O)OCC[N+](C)(C)C. The standard InChI is InChI=1S/C40H78NO8P/c1-6-8-10-12-14-16-18-20-22-24-26-28-30-32-39(42)46-36-38(37-48-50(44,45)47-35-34-41(3,4)5)49-40(43)33-31-29-27-25-23-21-19-17-15-13-11-9-7-2/h17,19,38H,6-16,18,20-37H2,1-5H3/p+1/b19-17-/t38-/m0/s1. The van der Waals surface area contributed by atoms with E-state index in [-0.39, 0.29) is 25.6 Å². The number of phosphoric ester groups is 1. The highest BCUT2D eigenvalue weighted by atomic mass is 31.2. The molecule has 0 rings (SSSR count). The van der Waals surface area contributed by atoms with E-state index in [0.29, 0.717) is 23.9 Å². The van der Waals surface area contributed by atoms with Crippen LogP contribution in [0.25, 0.3) is 0 Å². The fraction of sp³-hybridized carbons (Fsp3) is 0.900. The lowest BCUT2D eigenvalue weighted by Crippen LogP contribution is -2.37. The number of phosphoric acid groups is 1. The number of carbonyl (C=O) groups excluding carboxylic acids is 2. The van der Waals surface area contributed by atoms with Gasteiger partial charge in [-0.2, -0.15) is 0 Å². The second-order valence-corrected chi connectivity index (χ2v) is 16.5. The summed E-state index contributed by atoms with van der Waals surface area (Å²) in [5.74, 6) is -0.803. The van der Waals surface area contributed by atoms with Crippen molar-refractivity contribution in [3.8, 4) is 0 Å². The third-order valence-electron chi connectivity index (χ3n) is 8.80. The smallest absolute Gasteiger partial charge is 0.462 e. The molecule has 296 valence electrons. The van der Waals surface area contributed by atoms with Gasteiger partial charge in [0.25, 0.3) is 0 Å². The number of likely N-dealkylation sites (N-methyl/N-ethyl adjacent to an activating group) is 1. The topological polar surface area (TPSA) is 108 Å². The van der Waals surface area contributed by atoms with Crippen LogP contribution in [0.3, 0.4) is 0 Å². The van der Waals surface area contributed by atoms with Gasteiger partial charge in [0.15, 0.2) is 6.10 Å². The molecule has 0 heterocycles. The lowest BCUT2D eigenvalue weighted by atomic mass is 10.0. The van der Waals surface area contributed by atoms with E-state index in [9.17, 15) is 19.0 Å². The number of hydrogen-bond donors (Lipinski definition) is 1. The van der Waals surface area contributed by atoms with E-state index in [1.807, 2.05) is 21.1 Å². The van der Waals surface area contributed by atoms with Gasteiger partial charge < -0.3 is 18.9 Å². The average molecular weight is 733 g/mol. The quantitative estimate of drug-likeness (QED) is 0.0221. The van der Waals surface area contributed by atoms with Gasteiger partial charge in [0, 0.05) is 12.8 Å². The molecule has 0 aliphatic heterocycles. The minimum absolute atomic E-state index is 0.0329. The van der Waals surface area contributed by atoms with E-state index in [1.165, 1.54) is 96.3 Å². The second-order valence-electron chi connectivity index (χ2n) is 15.0. The molecule has 0 aromatic carbocycles. The van der Waals surface area contributed by atoms with Gasteiger partial charge in [-0.1, -0.05) is 142 Å². The Morgan fingerprint density at radius 3 is 1.50 bits per heavy atom. The molecule has 9 nitrogen and oxygen atoms in total. The number of unbranched alkanes of at least 4 members (excludes halogenated alkanes) is 21. The Hall–Kier alpha value is -1.25. The molecule has 0 amide bonds. The fourth-order valence-corrected chi connectivity index (χ4v) is 6.28. The molecule has 0 aliphatic carbocycles. The van der Waals surface area contributed by atoms with Crippen molar-refractivity contribution >= 4 is 19.8 Å². The lowest BCUT2D eigenvalue weighted by molar-refractivity contribution is -0.870. The van der Waals surface area contributed by atoms with Crippen LogP contribution in [0.5, 0.6) is 0 Å². The average Bonchev–Trinajstić information content (AvgIpc) is 3.06. The molecule has 0 saturated carbocycles. The summed E-state index contributed by atoms with van der Waals surface area (Å²) in [6.45, 7) is 4.40. The Balaban J connectivity index is 4.40. The molecule has 1 unspecified atom stereocenters. The molecule has 2 atom stereocenters. The normalized spacial score (nSPS) is 13.8. The van der Waals surface area contributed by atoms with Crippen LogP contribution >= 0.6 is 7.82 Å². The first-order chi connectivity index (χ1) is 24.0. The zero-order valence-electron chi connectivity index (χ0n) is 33.1. The number of ether oxygens (including phenoxy) is 2.